The van der Waals surface area contributed by atoms with Gasteiger partial charge in [-0.1, -0.05) is 186 Å². The summed E-state index contributed by atoms with van der Waals surface area (Å²) in [6.07, 6.45) is 3.82. The first-order valence-corrected chi connectivity index (χ1v) is 28.9. The zero-order valence-corrected chi connectivity index (χ0v) is 45.0. The van der Waals surface area contributed by atoms with Crippen molar-refractivity contribution in [1.82, 2.24) is 4.98 Å². The van der Waals surface area contributed by atoms with E-state index in [1.54, 1.807) is 0 Å². The van der Waals surface area contributed by atoms with Gasteiger partial charge in [0, 0.05) is 94.4 Å². The molecule has 80 heavy (non-hydrogen) atoms. The molecule has 0 saturated carbocycles. The fourth-order valence-corrected chi connectivity index (χ4v) is 15.4. The molecule has 0 atom stereocenters. The van der Waals surface area contributed by atoms with Crippen LogP contribution in [0.3, 0.4) is 0 Å². The van der Waals surface area contributed by atoms with Gasteiger partial charge in [0.15, 0.2) is 0 Å². The predicted molar refractivity (Wildman–Crippen MR) is 339 cm³/mol. The number of hydrogen-bond acceptors (Lipinski definition) is 7. The molecule has 0 bridgehead atoms. The van der Waals surface area contributed by atoms with Crippen LogP contribution < -0.4 is 52.4 Å². The quantitative estimate of drug-likeness (QED) is 0.133. The molecule has 0 aliphatic carbocycles. The van der Waals surface area contributed by atoms with E-state index in [1.807, 2.05) is 35.9 Å². The molecule has 5 heterocycles. The second-order valence-corrected chi connectivity index (χ2v) is 22.8. The van der Waals surface area contributed by atoms with Crippen LogP contribution in [0.25, 0.3) is 11.1 Å². The van der Waals surface area contributed by atoms with Crippen molar-refractivity contribution in [2.75, 3.05) is 19.6 Å². The smallest absolute Gasteiger partial charge is 0.252 e. The molecule has 16 rings (SSSR count). The zero-order chi connectivity index (χ0) is 52.7. The van der Waals surface area contributed by atoms with E-state index in [1.165, 1.54) is 63.7 Å². The average molecular weight is 1060 g/mol. The highest BCUT2D eigenvalue weighted by Crippen LogP contribution is 2.51. The number of aromatic nitrogens is 1. The summed E-state index contributed by atoms with van der Waals surface area (Å²) in [7, 11) is 0. The molecule has 0 unspecified atom stereocenters. The Morgan fingerprint density at radius 1 is 0.300 bits per heavy atom. The minimum Gasteiger partial charge on any atom is -0.311 e. The van der Waals surface area contributed by atoms with Gasteiger partial charge in [0.25, 0.3) is 6.71 Å². The van der Waals surface area contributed by atoms with Gasteiger partial charge in [0.2, 0.25) is 6.71 Å². The van der Waals surface area contributed by atoms with Crippen molar-refractivity contribution in [3.8, 4) is 11.1 Å². The number of nitrogens with zero attached hydrogens (tertiary/aromatic N) is 5. The van der Waals surface area contributed by atoms with E-state index in [0.717, 1.165) is 68.0 Å². The number of hydrogen-bond donors (Lipinski definition) is 0. The normalized spacial score (nSPS) is 13.1. The Hall–Kier alpha value is -9.40. The van der Waals surface area contributed by atoms with Crippen molar-refractivity contribution in [3.05, 3.63) is 285 Å². The second-order valence-electron chi connectivity index (χ2n) is 20.6. The van der Waals surface area contributed by atoms with E-state index >= 15 is 0 Å². The van der Waals surface area contributed by atoms with Crippen molar-refractivity contribution in [1.29, 1.82) is 0 Å². The van der Waals surface area contributed by atoms with Crippen molar-refractivity contribution in [3.63, 3.8) is 0 Å². The fraction of sp³-hybridized carbons (Fsp3) is 0. The summed E-state index contributed by atoms with van der Waals surface area (Å²) in [5.74, 6) is 0. The molecule has 0 spiro atoms. The van der Waals surface area contributed by atoms with Gasteiger partial charge in [-0.2, -0.15) is 0 Å². The fourth-order valence-electron chi connectivity index (χ4n) is 12.9. The first-order valence-electron chi connectivity index (χ1n) is 27.2. The highest BCUT2D eigenvalue weighted by atomic mass is 32.2. The van der Waals surface area contributed by atoms with Gasteiger partial charge in [0.1, 0.15) is 0 Å². The number of para-hydroxylation sites is 7. The number of fused-ring (bicyclic) bond motifs is 8. The van der Waals surface area contributed by atoms with Crippen LogP contribution in [0.5, 0.6) is 0 Å². The molecule has 0 amide bonds. The molecule has 0 radical (unpaired) electrons. The highest BCUT2D eigenvalue weighted by Gasteiger charge is 2.47. The van der Waals surface area contributed by atoms with Crippen LogP contribution in [0.1, 0.15) is 0 Å². The Bertz CT molecular complexity index is 4270. The van der Waals surface area contributed by atoms with E-state index in [4.69, 9.17) is 0 Å². The molecule has 0 saturated heterocycles. The average Bonchev–Trinajstić information content (AvgIpc) is 3.61. The maximum Gasteiger partial charge on any atom is 0.252 e. The van der Waals surface area contributed by atoms with Gasteiger partial charge in [0.05, 0.1) is 11.4 Å². The summed E-state index contributed by atoms with van der Waals surface area (Å²) in [5, 5.41) is 0. The Morgan fingerprint density at radius 2 is 0.775 bits per heavy atom. The number of benzene rings is 11. The molecule has 4 aliphatic rings. The third-order valence-corrected chi connectivity index (χ3v) is 18.5. The van der Waals surface area contributed by atoms with Gasteiger partial charge < -0.3 is 19.6 Å². The van der Waals surface area contributed by atoms with Crippen LogP contribution >= 0.6 is 23.5 Å². The molecule has 5 nitrogen and oxygen atoms in total. The first kappa shape index (κ1) is 46.7. The Kier molecular flexibility index (Phi) is 11.2. The van der Waals surface area contributed by atoms with Crippen molar-refractivity contribution >= 4 is 138 Å². The van der Waals surface area contributed by atoms with Gasteiger partial charge in [-0.15, -0.1) is 0 Å². The van der Waals surface area contributed by atoms with Gasteiger partial charge in [-0.25, -0.2) is 0 Å². The molecule has 0 N–H and O–H groups in total. The third kappa shape index (κ3) is 7.56. The Balaban J connectivity index is 0.996. The summed E-state index contributed by atoms with van der Waals surface area (Å²) in [6.45, 7) is -0.0933. The van der Waals surface area contributed by atoms with E-state index in [-0.39, 0.29) is 13.4 Å². The molecule has 374 valence electrons. The second kappa shape index (κ2) is 19.2. The topological polar surface area (TPSA) is 25.9 Å². The lowest BCUT2D eigenvalue weighted by molar-refractivity contribution is 1.22. The number of pyridine rings is 1. The van der Waals surface area contributed by atoms with Crippen LogP contribution in [0, 0.1) is 0 Å². The van der Waals surface area contributed by atoms with Crippen molar-refractivity contribution in [2.45, 2.75) is 19.6 Å². The SMILES string of the molecule is c1ccc(N(c2ccccc2)c2cc3c4c(c2)Sc2cc5c(cc2B4c2ccccc2S3)B2c3ccccc3N(c3ccccc3)c3cc(N(c4ccccc4)c4ccccc4)cc(c32)N5c2ccccc2-c2ccncc2)cc1. The van der Waals surface area contributed by atoms with E-state index in [9.17, 15) is 0 Å². The van der Waals surface area contributed by atoms with Crippen LogP contribution in [0.4, 0.5) is 68.2 Å². The summed E-state index contributed by atoms with van der Waals surface area (Å²) < 4.78 is 0. The van der Waals surface area contributed by atoms with Crippen LogP contribution in [0.2, 0.25) is 0 Å². The third-order valence-electron chi connectivity index (χ3n) is 16.2. The predicted octanol–water partition coefficient (Wildman–Crippen LogP) is 15.2. The first-order chi connectivity index (χ1) is 39.7. The minimum atomic E-state index is -0.108. The Labute approximate surface area is 475 Å². The monoisotopic (exact) mass is 1060 g/mol. The van der Waals surface area contributed by atoms with Gasteiger partial charge >= 0.3 is 0 Å². The standard InChI is InChI=1S/C71H47B2N5S2/c1-6-22-49(23-7-1)75(50-24-8-2-9-25-50)54-42-64-70-65(43-54)78(61-35-19-16-32-56(61)48-38-40-74-41-39-48)63-47-67-60(46-59(63)72(70)57-33-17-20-36-62(57)77(64)53-30-14-5-15-31-53)73-58-34-18-21-37-66(58)79-68-44-55(45-69(80-67)71(68)73)76(51-26-10-3-11-27-51)52-28-12-4-13-29-52/h1-47H. The molecular formula is C71H47B2N5S2. The zero-order valence-electron chi connectivity index (χ0n) is 43.3. The maximum absolute atomic E-state index is 4.50. The molecule has 12 aromatic rings. The van der Waals surface area contributed by atoms with Gasteiger partial charge in [-0.3, -0.25) is 4.98 Å². The lowest BCUT2D eigenvalue weighted by Gasteiger charge is -2.46. The molecule has 11 aromatic carbocycles. The van der Waals surface area contributed by atoms with E-state index < -0.39 is 0 Å². The van der Waals surface area contributed by atoms with E-state index in [0.29, 0.717) is 0 Å². The lowest BCUT2D eigenvalue weighted by Crippen LogP contribution is -2.64. The summed E-state index contributed by atoms with van der Waals surface area (Å²) in [4.78, 5) is 19.6. The van der Waals surface area contributed by atoms with Crippen LogP contribution in [0.15, 0.2) is 305 Å². The lowest BCUT2D eigenvalue weighted by atomic mass is 9.31. The van der Waals surface area contributed by atoms with Crippen molar-refractivity contribution < 1.29 is 0 Å². The number of anilines is 12. The van der Waals surface area contributed by atoms with Crippen LogP contribution in [-0.4, -0.2) is 18.4 Å². The molecule has 0 fully saturated rings. The minimum absolute atomic E-state index is 0.0145. The largest absolute Gasteiger partial charge is 0.311 e. The molecule has 9 heteroatoms. The van der Waals surface area contributed by atoms with Crippen molar-refractivity contribution in [2.24, 2.45) is 0 Å². The summed E-state index contributed by atoms with van der Waals surface area (Å²) in [6, 6.07) is 101. The number of rotatable bonds is 9. The molecule has 1 aromatic heterocycles. The summed E-state index contributed by atoms with van der Waals surface area (Å²) >= 11 is 3.82. The maximum atomic E-state index is 4.50. The highest BCUT2D eigenvalue weighted by molar-refractivity contribution is 8.01. The van der Waals surface area contributed by atoms with Gasteiger partial charge in [-0.05, 0) is 149 Å². The van der Waals surface area contributed by atoms with Crippen LogP contribution in [-0.2, 0) is 0 Å². The summed E-state index contributed by atoms with van der Waals surface area (Å²) in [5.41, 5.74) is 23.6. The van der Waals surface area contributed by atoms with E-state index in [2.05, 4.69) is 298 Å². The molecular weight excluding hydrogens is 1010 g/mol. The Morgan fingerprint density at radius 3 is 1.39 bits per heavy atom. The molecule has 4 aliphatic heterocycles.